The molecule has 4 heterocycles. The molecule has 7 rings (SSSR count). The maximum absolute atomic E-state index is 14.4. The number of aromatic carboxylic acids is 1. The molecule has 2 aliphatic rings. The fraction of sp³-hybridized carbons (Fsp3) is 0.167. The summed E-state index contributed by atoms with van der Waals surface area (Å²) in [5.74, 6) is -0.482. The summed E-state index contributed by atoms with van der Waals surface area (Å²) in [5.41, 5.74) is 5.09. The molecule has 0 bridgehead atoms. The molecule has 2 aromatic heterocycles. The van der Waals surface area contributed by atoms with Crippen molar-refractivity contribution in [2.75, 3.05) is 13.4 Å². The highest BCUT2D eigenvalue weighted by atomic mass is 32.1. The SMILES string of the molecule is CCOC(=O)C1=C(c2ccccc2)N=c2s/c(=C\c3cc(C)n(-c4cccc(C(=O)O)c4)c3C)c(=O)n2[C@H]1c1ccc2c(c1)OCO2. The van der Waals surface area contributed by atoms with Crippen LogP contribution >= 0.6 is 11.3 Å². The maximum atomic E-state index is 14.4. The third kappa shape index (κ3) is 5.24. The lowest BCUT2D eigenvalue weighted by atomic mass is 9.93. The van der Waals surface area contributed by atoms with Crippen LogP contribution in [0.3, 0.4) is 0 Å². The van der Waals surface area contributed by atoms with E-state index in [9.17, 15) is 19.5 Å². The Kier molecular flexibility index (Phi) is 7.61. The minimum absolute atomic E-state index is 0.0798. The lowest BCUT2D eigenvalue weighted by molar-refractivity contribution is -0.138. The van der Waals surface area contributed by atoms with E-state index in [0.29, 0.717) is 43.3 Å². The number of hydrogen-bond donors (Lipinski definition) is 1. The first-order valence-corrected chi connectivity index (χ1v) is 15.8. The van der Waals surface area contributed by atoms with Crippen LogP contribution in [0.4, 0.5) is 0 Å². The molecule has 11 heteroatoms. The molecule has 5 aromatic rings. The fourth-order valence-electron chi connectivity index (χ4n) is 6.09. The zero-order valence-corrected chi connectivity index (χ0v) is 26.5. The predicted octanol–water partition coefficient (Wildman–Crippen LogP) is 4.77. The van der Waals surface area contributed by atoms with Crippen LogP contribution in [-0.4, -0.2) is 39.6 Å². The number of aryl methyl sites for hydroxylation is 1. The first-order valence-electron chi connectivity index (χ1n) is 15.0. The number of carboxylic acids is 1. The van der Waals surface area contributed by atoms with Gasteiger partial charge in [-0.25, -0.2) is 14.6 Å². The number of nitrogens with zero attached hydrogens (tertiary/aromatic N) is 3. The number of fused-ring (bicyclic) bond motifs is 2. The molecule has 2 aliphatic heterocycles. The zero-order chi connectivity index (χ0) is 32.8. The second-order valence-electron chi connectivity index (χ2n) is 11.1. The van der Waals surface area contributed by atoms with Gasteiger partial charge in [0, 0.05) is 22.6 Å². The maximum Gasteiger partial charge on any atom is 0.338 e. The van der Waals surface area contributed by atoms with Crippen LogP contribution in [-0.2, 0) is 9.53 Å². The third-order valence-corrected chi connectivity index (χ3v) is 9.18. The summed E-state index contributed by atoms with van der Waals surface area (Å²) in [6.45, 7) is 5.81. The van der Waals surface area contributed by atoms with Crippen molar-refractivity contribution in [3.8, 4) is 17.2 Å². The summed E-state index contributed by atoms with van der Waals surface area (Å²) in [5, 5.41) is 9.52. The van der Waals surface area contributed by atoms with Crippen LogP contribution in [0.15, 0.2) is 94.2 Å². The van der Waals surface area contributed by atoms with Crippen LogP contribution < -0.4 is 24.4 Å². The van der Waals surface area contributed by atoms with Gasteiger partial charge in [-0.05, 0) is 74.4 Å². The van der Waals surface area contributed by atoms with Gasteiger partial charge in [-0.1, -0.05) is 53.8 Å². The Labute approximate surface area is 272 Å². The van der Waals surface area contributed by atoms with Crippen molar-refractivity contribution in [2.45, 2.75) is 26.8 Å². The number of thiazole rings is 1. The molecule has 10 nitrogen and oxygen atoms in total. The summed E-state index contributed by atoms with van der Waals surface area (Å²) in [4.78, 5) is 45.1. The summed E-state index contributed by atoms with van der Waals surface area (Å²) in [6.07, 6.45) is 1.82. The average molecular weight is 648 g/mol. The number of rotatable bonds is 7. The van der Waals surface area contributed by atoms with Gasteiger partial charge in [0.1, 0.15) is 0 Å². The summed E-state index contributed by atoms with van der Waals surface area (Å²) in [6, 6.07) is 22.6. The molecule has 0 unspecified atom stereocenters. The summed E-state index contributed by atoms with van der Waals surface area (Å²) in [7, 11) is 0. The molecule has 0 amide bonds. The highest BCUT2D eigenvalue weighted by Gasteiger charge is 2.36. The van der Waals surface area contributed by atoms with Crippen molar-refractivity contribution < 1.29 is 28.9 Å². The van der Waals surface area contributed by atoms with Crippen molar-refractivity contribution in [3.05, 3.63) is 138 Å². The molecule has 0 fully saturated rings. The van der Waals surface area contributed by atoms with Gasteiger partial charge >= 0.3 is 11.9 Å². The monoisotopic (exact) mass is 647 g/mol. The molecule has 47 heavy (non-hydrogen) atoms. The smallest absolute Gasteiger partial charge is 0.338 e. The Hall–Kier alpha value is -5.68. The standard InChI is InChI=1S/C36H29N3O7S/c1-4-44-35(43)30-31(22-9-6-5-7-10-22)37-36-39(32(30)23-13-14-27-28(17-23)46-19-45-27)33(40)29(47-36)18-25-15-20(2)38(21(25)3)26-12-8-11-24(16-26)34(41)42/h5-18,32H,4,19H2,1-3H3,(H,41,42)/b29-18-/t32-/m0/s1. The molecule has 0 saturated heterocycles. The molecule has 0 saturated carbocycles. The third-order valence-electron chi connectivity index (χ3n) is 8.19. The van der Waals surface area contributed by atoms with E-state index in [0.717, 1.165) is 17.0 Å². The number of benzene rings is 3. The lowest BCUT2D eigenvalue weighted by Crippen LogP contribution is -2.40. The van der Waals surface area contributed by atoms with Gasteiger partial charge in [-0.2, -0.15) is 0 Å². The number of carbonyl (C=O) groups is 2. The highest BCUT2D eigenvalue weighted by Crippen LogP contribution is 2.40. The van der Waals surface area contributed by atoms with E-state index >= 15 is 0 Å². The van der Waals surface area contributed by atoms with Gasteiger partial charge < -0.3 is 23.9 Å². The minimum atomic E-state index is -1.01. The Bertz CT molecular complexity index is 2300. The van der Waals surface area contributed by atoms with E-state index in [1.165, 1.54) is 11.3 Å². The van der Waals surface area contributed by atoms with Crippen molar-refractivity contribution in [3.63, 3.8) is 0 Å². The van der Waals surface area contributed by atoms with Crippen LogP contribution in [0.5, 0.6) is 11.5 Å². The zero-order valence-electron chi connectivity index (χ0n) is 25.7. The van der Waals surface area contributed by atoms with Crippen LogP contribution in [0.2, 0.25) is 0 Å². The molecule has 3 aromatic carbocycles. The number of carboxylic acid groups (broad SMARTS) is 1. The van der Waals surface area contributed by atoms with Crippen molar-refractivity contribution in [1.29, 1.82) is 0 Å². The Morgan fingerprint density at radius 2 is 1.81 bits per heavy atom. The Balaban J connectivity index is 1.45. The molecule has 0 spiro atoms. The van der Waals surface area contributed by atoms with Crippen LogP contribution in [0.25, 0.3) is 17.5 Å². The largest absolute Gasteiger partial charge is 0.478 e. The van der Waals surface area contributed by atoms with E-state index in [-0.39, 0.29) is 30.1 Å². The van der Waals surface area contributed by atoms with Crippen molar-refractivity contribution >= 4 is 35.0 Å². The first-order chi connectivity index (χ1) is 22.7. The minimum Gasteiger partial charge on any atom is -0.478 e. The van der Waals surface area contributed by atoms with E-state index in [4.69, 9.17) is 19.2 Å². The van der Waals surface area contributed by atoms with E-state index in [1.807, 2.05) is 73.0 Å². The summed E-state index contributed by atoms with van der Waals surface area (Å²) < 4.78 is 20.7. The predicted molar refractivity (Wildman–Crippen MR) is 176 cm³/mol. The second kappa shape index (κ2) is 11.9. The number of esters is 1. The molecule has 0 radical (unpaired) electrons. The van der Waals surface area contributed by atoms with Crippen LogP contribution in [0.1, 0.15) is 51.4 Å². The fourth-order valence-corrected chi connectivity index (χ4v) is 7.08. The normalized spacial score (nSPS) is 15.4. The molecular weight excluding hydrogens is 618 g/mol. The van der Waals surface area contributed by atoms with Crippen LogP contribution in [0, 0.1) is 13.8 Å². The van der Waals surface area contributed by atoms with E-state index < -0.39 is 18.0 Å². The van der Waals surface area contributed by atoms with Gasteiger partial charge in [-0.3, -0.25) is 9.36 Å². The number of aromatic nitrogens is 2. The van der Waals surface area contributed by atoms with Crippen molar-refractivity contribution in [1.82, 2.24) is 9.13 Å². The molecule has 1 atom stereocenters. The second-order valence-corrected chi connectivity index (χ2v) is 12.1. The number of hydrogen-bond acceptors (Lipinski definition) is 8. The average Bonchev–Trinajstić information content (AvgIpc) is 3.75. The van der Waals surface area contributed by atoms with Gasteiger partial charge in [0.15, 0.2) is 16.3 Å². The van der Waals surface area contributed by atoms with Gasteiger partial charge in [0.05, 0.1) is 34.0 Å². The first kappa shape index (κ1) is 30.0. The molecule has 236 valence electrons. The quantitative estimate of drug-likeness (QED) is 0.253. The Morgan fingerprint density at radius 1 is 1.02 bits per heavy atom. The highest BCUT2D eigenvalue weighted by molar-refractivity contribution is 7.07. The lowest BCUT2D eigenvalue weighted by Gasteiger charge is -2.26. The molecular formula is C36H29N3O7S. The van der Waals surface area contributed by atoms with Gasteiger partial charge in [-0.15, -0.1) is 0 Å². The molecule has 0 aliphatic carbocycles. The number of carbonyl (C=O) groups excluding carboxylic acids is 1. The number of ether oxygens (including phenoxy) is 3. The summed E-state index contributed by atoms with van der Waals surface area (Å²) >= 11 is 1.23. The molecule has 1 N–H and O–H groups in total. The van der Waals surface area contributed by atoms with Crippen molar-refractivity contribution in [2.24, 2.45) is 4.99 Å². The Morgan fingerprint density at radius 3 is 2.57 bits per heavy atom. The van der Waals surface area contributed by atoms with E-state index in [1.54, 1.807) is 41.8 Å². The van der Waals surface area contributed by atoms with E-state index in [2.05, 4.69) is 0 Å². The van der Waals surface area contributed by atoms with Gasteiger partial charge in [0.25, 0.3) is 5.56 Å². The topological polar surface area (TPSA) is 121 Å². The van der Waals surface area contributed by atoms with Gasteiger partial charge in [0.2, 0.25) is 6.79 Å².